The number of hydrogen-bond acceptors (Lipinski definition) is 2. The van der Waals surface area contributed by atoms with E-state index >= 15 is 0 Å². The van der Waals surface area contributed by atoms with Crippen molar-refractivity contribution < 1.29 is 0 Å². The van der Waals surface area contributed by atoms with Crippen LogP contribution in [0.15, 0.2) is 0 Å². The van der Waals surface area contributed by atoms with E-state index in [9.17, 15) is 5.26 Å². The van der Waals surface area contributed by atoms with Gasteiger partial charge in [0.05, 0.1) is 12.0 Å². The van der Waals surface area contributed by atoms with Gasteiger partial charge in [-0.05, 0) is 31.6 Å². The van der Waals surface area contributed by atoms with E-state index < -0.39 is 0 Å². The van der Waals surface area contributed by atoms with Crippen molar-refractivity contribution in [1.29, 1.82) is 5.26 Å². The van der Waals surface area contributed by atoms with Crippen LogP contribution in [0.4, 0.5) is 0 Å². The SMILES string of the molecule is CC1CCCCC1NC1CCCCCC1C#N. The van der Waals surface area contributed by atoms with E-state index in [1.54, 1.807) is 0 Å². The third-order valence-electron chi connectivity index (χ3n) is 4.72. The van der Waals surface area contributed by atoms with Crippen molar-refractivity contribution in [3.05, 3.63) is 0 Å². The van der Waals surface area contributed by atoms with E-state index in [0.29, 0.717) is 12.1 Å². The molecule has 2 rings (SSSR count). The first-order valence-electron chi connectivity index (χ1n) is 7.47. The molecule has 96 valence electrons. The molecule has 4 unspecified atom stereocenters. The lowest BCUT2D eigenvalue weighted by atomic mass is 9.84. The Morgan fingerprint density at radius 2 is 1.53 bits per heavy atom. The first kappa shape index (κ1) is 12.9. The predicted molar refractivity (Wildman–Crippen MR) is 70.5 cm³/mol. The highest BCUT2D eigenvalue weighted by Crippen LogP contribution is 2.28. The topological polar surface area (TPSA) is 35.8 Å². The number of nitrogens with one attached hydrogen (secondary N) is 1. The maximum absolute atomic E-state index is 9.29. The third-order valence-corrected chi connectivity index (χ3v) is 4.72. The normalized spacial score (nSPS) is 39.3. The molecule has 2 aliphatic carbocycles. The van der Waals surface area contributed by atoms with Crippen LogP contribution < -0.4 is 5.32 Å². The fourth-order valence-corrected chi connectivity index (χ4v) is 3.50. The molecule has 0 aromatic carbocycles. The molecule has 2 aliphatic rings. The Hall–Kier alpha value is -0.550. The van der Waals surface area contributed by atoms with Crippen molar-refractivity contribution in [2.24, 2.45) is 11.8 Å². The largest absolute Gasteiger partial charge is 0.310 e. The number of hydrogen-bond donors (Lipinski definition) is 1. The Labute approximate surface area is 106 Å². The minimum absolute atomic E-state index is 0.256. The summed E-state index contributed by atoms with van der Waals surface area (Å²) in [4.78, 5) is 0. The molecule has 1 N–H and O–H groups in total. The number of rotatable bonds is 2. The Morgan fingerprint density at radius 3 is 2.29 bits per heavy atom. The zero-order chi connectivity index (χ0) is 12.1. The summed E-state index contributed by atoms with van der Waals surface area (Å²) < 4.78 is 0. The molecule has 2 nitrogen and oxygen atoms in total. The average Bonchev–Trinajstić information content (AvgIpc) is 2.57. The highest BCUT2D eigenvalue weighted by Gasteiger charge is 2.28. The molecule has 0 heterocycles. The molecule has 2 fully saturated rings. The van der Waals surface area contributed by atoms with E-state index in [1.807, 2.05) is 0 Å². The lowest BCUT2D eigenvalue weighted by Gasteiger charge is -2.34. The van der Waals surface area contributed by atoms with Crippen LogP contribution in [-0.4, -0.2) is 12.1 Å². The van der Waals surface area contributed by atoms with E-state index in [-0.39, 0.29) is 5.92 Å². The lowest BCUT2D eigenvalue weighted by Crippen LogP contribution is -2.46. The molecule has 0 amide bonds. The van der Waals surface area contributed by atoms with Crippen LogP contribution in [0.25, 0.3) is 0 Å². The summed E-state index contributed by atoms with van der Waals surface area (Å²) >= 11 is 0. The van der Waals surface area contributed by atoms with Gasteiger partial charge < -0.3 is 5.32 Å². The van der Waals surface area contributed by atoms with E-state index in [1.165, 1.54) is 51.4 Å². The van der Waals surface area contributed by atoms with Gasteiger partial charge in [0.2, 0.25) is 0 Å². The smallest absolute Gasteiger partial charge is 0.0672 e. The molecule has 0 bridgehead atoms. The maximum Gasteiger partial charge on any atom is 0.0672 e. The summed E-state index contributed by atoms with van der Waals surface area (Å²) in [6.45, 7) is 2.37. The second kappa shape index (κ2) is 6.40. The molecule has 0 aromatic rings. The van der Waals surface area contributed by atoms with Gasteiger partial charge in [-0.2, -0.15) is 5.26 Å². The second-order valence-corrected chi connectivity index (χ2v) is 6.01. The Morgan fingerprint density at radius 1 is 0.882 bits per heavy atom. The van der Waals surface area contributed by atoms with Crippen molar-refractivity contribution >= 4 is 0 Å². The molecule has 0 aromatic heterocycles. The van der Waals surface area contributed by atoms with Gasteiger partial charge in [0.25, 0.3) is 0 Å². The van der Waals surface area contributed by atoms with Gasteiger partial charge in [-0.15, -0.1) is 0 Å². The van der Waals surface area contributed by atoms with Crippen LogP contribution in [-0.2, 0) is 0 Å². The molecule has 17 heavy (non-hydrogen) atoms. The van der Waals surface area contributed by atoms with Crippen LogP contribution in [0.5, 0.6) is 0 Å². The van der Waals surface area contributed by atoms with Gasteiger partial charge in [0, 0.05) is 12.1 Å². The van der Waals surface area contributed by atoms with Crippen LogP contribution in [0.2, 0.25) is 0 Å². The van der Waals surface area contributed by atoms with Gasteiger partial charge >= 0.3 is 0 Å². The molecular formula is C15H26N2. The summed E-state index contributed by atoms with van der Waals surface area (Å²) in [5.74, 6) is 1.05. The molecule has 0 radical (unpaired) electrons. The Balaban J connectivity index is 1.92. The molecule has 0 saturated heterocycles. The van der Waals surface area contributed by atoms with Crippen molar-refractivity contribution in [2.75, 3.05) is 0 Å². The van der Waals surface area contributed by atoms with Gasteiger partial charge in [-0.3, -0.25) is 0 Å². The van der Waals surface area contributed by atoms with E-state index in [4.69, 9.17) is 0 Å². The molecule has 2 saturated carbocycles. The molecule has 2 heteroatoms. The summed E-state index contributed by atoms with van der Waals surface area (Å²) in [6, 6.07) is 3.67. The quantitative estimate of drug-likeness (QED) is 0.741. The summed E-state index contributed by atoms with van der Waals surface area (Å²) in [6.07, 6.45) is 11.6. The summed E-state index contributed by atoms with van der Waals surface area (Å²) in [7, 11) is 0. The first-order chi connectivity index (χ1) is 8.31. The summed E-state index contributed by atoms with van der Waals surface area (Å²) in [5.41, 5.74) is 0. The zero-order valence-corrected chi connectivity index (χ0v) is 11.1. The van der Waals surface area contributed by atoms with Gasteiger partial charge in [-0.25, -0.2) is 0 Å². The minimum atomic E-state index is 0.256. The first-order valence-corrected chi connectivity index (χ1v) is 7.47. The van der Waals surface area contributed by atoms with Crippen LogP contribution in [0.3, 0.4) is 0 Å². The standard InChI is InChI=1S/C15H26N2/c1-12-7-5-6-9-14(12)17-15-10-4-2-3-8-13(15)11-16/h12-15,17H,2-10H2,1H3. The lowest BCUT2D eigenvalue weighted by molar-refractivity contribution is 0.235. The van der Waals surface area contributed by atoms with Crippen LogP contribution in [0.1, 0.15) is 64.7 Å². The van der Waals surface area contributed by atoms with Gasteiger partial charge in [0.15, 0.2) is 0 Å². The monoisotopic (exact) mass is 234 g/mol. The highest BCUT2D eigenvalue weighted by atomic mass is 15.0. The zero-order valence-electron chi connectivity index (χ0n) is 11.1. The minimum Gasteiger partial charge on any atom is -0.310 e. The number of nitrogens with zero attached hydrogens (tertiary/aromatic N) is 1. The van der Waals surface area contributed by atoms with Crippen LogP contribution in [0, 0.1) is 23.2 Å². The predicted octanol–water partition coefficient (Wildman–Crippen LogP) is 3.63. The third kappa shape index (κ3) is 3.45. The van der Waals surface area contributed by atoms with Gasteiger partial charge in [0.1, 0.15) is 0 Å². The van der Waals surface area contributed by atoms with Crippen molar-refractivity contribution in [2.45, 2.75) is 76.8 Å². The Kier molecular flexibility index (Phi) is 4.86. The molecular weight excluding hydrogens is 208 g/mol. The molecule has 0 spiro atoms. The van der Waals surface area contributed by atoms with E-state index in [0.717, 1.165) is 12.3 Å². The van der Waals surface area contributed by atoms with E-state index in [2.05, 4.69) is 18.3 Å². The average molecular weight is 234 g/mol. The highest BCUT2D eigenvalue weighted by molar-refractivity contribution is 4.95. The molecule has 0 aliphatic heterocycles. The second-order valence-electron chi connectivity index (χ2n) is 6.01. The van der Waals surface area contributed by atoms with Gasteiger partial charge in [-0.1, -0.05) is 39.0 Å². The Bertz CT molecular complexity index is 269. The fraction of sp³-hybridized carbons (Fsp3) is 0.933. The summed E-state index contributed by atoms with van der Waals surface area (Å²) in [5, 5.41) is 13.1. The molecule has 4 atom stereocenters. The number of nitriles is 1. The maximum atomic E-state index is 9.29. The van der Waals surface area contributed by atoms with Crippen molar-refractivity contribution in [1.82, 2.24) is 5.32 Å². The fourth-order valence-electron chi connectivity index (χ4n) is 3.50. The van der Waals surface area contributed by atoms with Crippen molar-refractivity contribution in [3.8, 4) is 6.07 Å². The van der Waals surface area contributed by atoms with Crippen molar-refractivity contribution in [3.63, 3.8) is 0 Å². The van der Waals surface area contributed by atoms with Crippen LogP contribution >= 0.6 is 0 Å².